The molecular formula is C5H10NaO. The summed E-state index contributed by atoms with van der Waals surface area (Å²) < 4.78 is 0. The Kier molecular flexibility index (Phi) is 4.44. The fourth-order valence-corrected chi connectivity index (χ4v) is 0.904. The Hall–Kier alpha value is 0.960. The van der Waals surface area contributed by atoms with E-state index in [2.05, 4.69) is 0 Å². The zero-order valence-corrected chi connectivity index (χ0v) is 6.85. The van der Waals surface area contributed by atoms with Crippen molar-refractivity contribution < 1.29 is 5.11 Å². The summed E-state index contributed by atoms with van der Waals surface area (Å²) in [5.74, 6) is 0. The van der Waals surface area contributed by atoms with Crippen LogP contribution in [0.25, 0.3) is 0 Å². The first kappa shape index (κ1) is 7.96. The molecule has 1 radical (unpaired) electrons. The van der Waals surface area contributed by atoms with E-state index in [1.54, 1.807) is 0 Å². The number of hydrogen-bond acceptors (Lipinski definition) is 1. The molecule has 0 aromatic carbocycles. The van der Waals surface area contributed by atoms with Gasteiger partial charge in [0.1, 0.15) is 0 Å². The molecule has 0 bridgehead atoms. The standard InChI is InChI=1S/C5H10O.Na/c6-5-3-1-2-4-5;/h5-6H,1-4H2;. The van der Waals surface area contributed by atoms with Gasteiger partial charge in [0.05, 0.1) is 6.10 Å². The molecule has 1 rings (SSSR count). The van der Waals surface area contributed by atoms with E-state index in [0.717, 1.165) is 12.8 Å². The predicted molar refractivity (Wildman–Crippen MR) is 30.2 cm³/mol. The third-order valence-corrected chi connectivity index (χ3v) is 1.32. The summed E-state index contributed by atoms with van der Waals surface area (Å²) in [6.45, 7) is 0. The number of hydrogen-bond donors (Lipinski definition) is 1. The Morgan fingerprint density at radius 3 is 1.71 bits per heavy atom. The van der Waals surface area contributed by atoms with E-state index in [9.17, 15) is 0 Å². The number of aliphatic hydroxyl groups is 1. The van der Waals surface area contributed by atoms with Gasteiger partial charge in [0.15, 0.2) is 0 Å². The van der Waals surface area contributed by atoms with Gasteiger partial charge in [-0.15, -0.1) is 0 Å². The summed E-state index contributed by atoms with van der Waals surface area (Å²) in [4.78, 5) is 0. The molecule has 37 valence electrons. The van der Waals surface area contributed by atoms with Crippen molar-refractivity contribution in [3.8, 4) is 0 Å². The molecule has 0 aromatic heterocycles. The minimum absolute atomic E-state index is 0. The van der Waals surface area contributed by atoms with Gasteiger partial charge >= 0.3 is 0 Å². The van der Waals surface area contributed by atoms with E-state index in [0.29, 0.717) is 0 Å². The Labute approximate surface area is 66.4 Å². The van der Waals surface area contributed by atoms with Gasteiger partial charge in [0.25, 0.3) is 0 Å². The zero-order valence-electron chi connectivity index (χ0n) is 4.85. The smallest absolute Gasteiger partial charge is 0.0540 e. The van der Waals surface area contributed by atoms with E-state index >= 15 is 0 Å². The van der Waals surface area contributed by atoms with Crippen molar-refractivity contribution in [1.82, 2.24) is 0 Å². The maximum absolute atomic E-state index is 8.73. The molecule has 1 aliphatic rings. The van der Waals surface area contributed by atoms with Crippen molar-refractivity contribution in [3.05, 3.63) is 0 Å². The van der Waals surface area contributed by atoms with Crippen LogP contribution in [0, 0.1) is 0 Å². The van der Waals surface area contributed by atoms with E-state index in [1.165, 1.54) is 12.8 Å². The quantitative estimate of drug-likeness (QED) is 0.450. The van der Waals surface area contributed by atoms with Crippen molar-refractivity contribution in [1.29, 1.82) is 0 Å². The second-order valence-electron chi connectivity index (χ2n) is 1.94. The van der Waals surface area contributed by atoms with Crippen LogP contribution in [0.1, 0.15) is 25.7 Å². The summed E-state index contributed by atoms with van der Waals surface area (Å²) in [6, 6.07) is 0. The topological polar surface area (TPSA) is 20.2 Å². The molecule has 1 aliphatic carbocycles. The average molecular weight is 109 g/mol. The SMILES string of the molecule is OC1CCCC1.[Na]. The maximum atomic E-state index is 8.73. The molecular weight excluding hydrogens is 99.0 g/mol. The summed E-state index contributed by atoms with van der Waals surface area (Å²) in [5, 5.41) is 8.73. The van der Waals surface area contributed by atoms with Gasteiger partial charge in [0, 0.05) is 29.6 Å². The number of rotatable bonds is 0. The van der Waals surface area contributed by atoms with Gasteiger partial charge in [-0.2, -0.15) is 0 Å². The van der Waals surface area contributed by atoms with Gasteiger partial charge in [-0.05, 0) is 12.8 Å². The first-order chi connectivity index (χ1) is 2.89. The maximum Gasteiger partial charge on any atom is 0.0540 e. The summed E-state index contributed by atoms with van der Waals surface area (Å²) in [6.07, 6.45) is 4.60. The zero-order chi connectivity index (χ0) is 4.41. The predicted octanol–water partition coefficient (Wildman–Crippen LogP) is 0.540. The molecule has 0 amide bonds. The number of aliphatic hydroxyl groups excluding tert-OH is 1. The molecule has 0 atom stereocenters. The van der Waals surface area contributed by atoms with Gasteiger partial charge in [-0.1, -0.05) is 12.8 Å². The summed E-state index contributed by atoms with van der Waals surface area (Å²) >= 11 is 0. The normalized spacial score (nSPS) is 21.9. The van der Waals surface area contributed by atoms with Crippen LogP contribution in [0.5, 0.6) is 0 Å². The van der Waals surface area contributed by atoms with Crippen LogP contribution >= 0.6 is 0 Å². The van der Waals surface area contributed by atoms with E-state index in [-0.39, 0.29) is 35.7 Å². The molecule has 0 unspecified atom stereocenters. The average Bonchev–Trinajstić information content (AvgIpc) is 1.86. The van der Waals surface area contributed by atoms with Crippen LogP contribution in [0.3, 0.4) is 0 Å². The third-order valence-electron chi connectivity index (χ3n) is 1.32. The molecule has 1 N–H and O–H groups in total. The van der Waals surface area contributed by atoms with E-state index < -0.39 is 0 Å². The van der Waals surface area contributed by atoms with Crippen molar-refractivity contribution in [2.75, 3.05) is 0 Å². The largest absolute Gasteiger partial charge is 0.393 e. The van der Waals surface area contributed by atoms with Crippen LogP contribution in [-0.2, 0) is 0 Å². The van der Waals surface area contributed by atoms with Gasteiger partial charge < -0.3 is 5.11 Å². The molecule has 0 aliphatic heterocycles. The molecule has 0 aromatic rings. The first-order valence-corrected chi connectivity index (χ1v) is 2.57. The van der Waals surface area contributed by atoms with Crippen LogP contribution in [0.4, 0.5) is 0 Å². The van der Waals surface area contributed by atoms with Crippen molar-refractivity contribution in [3.63, 3.8) is 0 Å². The molecule has 0 saturated heterocycles. The second-order valence-corrected chi connectivity index (χ2v) is 1.94. The van der Waals surface area contributed by atoms with Crippen LogP contribution < -0.4 is 0 Å². The minimum Gasteiger partial charge on any atom is -0.393 e. The fourth-order valence-electron chi connectivity index (χ4n) is 0.904. The Balaban J connectivity index is 0.000000360. The molecule has 1 saturated carbocycles. The van der Waals surface area contributed by atoms with Crippen LogP contribution in [0.2, 0.25) is 0 Å². The molecule has 1 nitrogen and oxygen atoms in total. The Morgan fingerprint density at radius 2 is 1.57 bits per heavy atom. The van der Waals surface area contributed by atoms with Crippen LogP contribution in [-0.4, -0.2) is 40.8 Å². The Bertz CT molecular complexity index is 41.3. The summed E-state index contributed by atoms with van der Waals surface area (Å²) in [7, 11) is 0. The van der Waals surface area contributed by atoms with Gasteiger partial charge in [-0.25, -0.2) is 0 Å². The Morgan fingerprint density at radius 1 is 1.14 bits per heavy atom. The minimum atomic E-state index is 0. The van der Waals surface area contributed by atoms with E-state index in [4.69, 9.17) is 5.11 Å². The summed E-state index contributed by atoms with van der Waals surface area (Å²) in [5.41, 5.74) is 0. The molecule has 0 spiro atoms. The van der Waals surface area contributed by atoms with Crippen molar-refractivity contribution in [2.45, 2.75) is 31.8 Å². The van der Waals surface area contributed by atoms with Gasteiger partial charge in [0.2, 0.25) is 0 Å². The van der Waals surface area contributed by atoms with Crippen molar-refractivity contribution >= 4 is 29.6 Å². The van der Waals surface area contributed by atoms with Crippen molar-refractivity contribution in [2.24, 2.45) is 0 Å². The molecule has 1 fully saturated rings. The first-order valence-electron chi connectivity index (χ1n) is 2.57. The van der Waals surface area contributed by atoms with Gasteiger partial charge in [-0.3, -0.25) is 0 Å². The molecule has 0 heterocycles. The van der Waals surface area contributed by atoms with E-state index in [1.807, 2.05) is 0 Å². The second kappa shape index (κ2) is 3.90. The third kappa shape index (κ3) is 2.70. The van der Waals surface area contributed by atoms with Crippen LogP contribution in [0.15, 0.2) is 0 Å². The fraction of sp³-hybridized carbons (Fsp3) is 1.00. The molecule has 7 heavy (non-hydrogen) atoms. The monoisotopic (exact) mass is 109 g/mol. The molecule has 2 heteroatoms.